The summed E-state index contributed by atoms with van der Waals surface area (Å²) < 4.78 is 0. The van der Waals surface area contributed by atoms with Crippen LogP contribution in [0.5, 0.6) is 0 Å². The van der Waals surface area contributed by atoms with E-state index in [1.807, 2.05) is 12.1 Å². The van der Waals surface area contributed by atoms with Crippen LogP contribution in [-0.4, -0.2) is 6.41 Å². The van der Waals surface area contributed by atoms with E-state index in [9.17, 15) is 4.79 Å². The van der Waals surface area contributed by atoms with Gasteiger partial charge in [-0.2, -0.15) is 0 Å². The lowest BCUT2D eigenvalue weighted by atomic mass is 9.91. The first kappa shape index (κ1) is 11.8. The summed E-state index contributed by atoms with van der Waals surface area (Å²) in [6.07, 6.45) is 3.06. The highest BCUT2D eigenvalue weighted by atomic mass is 16.1. The molecule has 0 aliphatic heterocycles. The lowest BCUT2D eigenvalue weighted by Gasteiger charge is -2.17. The highest BCUT2D eigenvalue weighted by Crippen LogP contribution is 2.30. The average Bonchev–Trinajstić information content (AvgIpc) is 2.18. The molecule has 0 saturated carbocycles. The second-order valence-corrected chi connectivity index (χ2v) is 3.99. The van der Waals surface area contributed by atoms with Gasteiger partial charge in [-0.05, 0) is 36.5 Å². The van der Waals surface area contributed by atoms with Crippen molar-refractivity contribution in [3.63, 3.8) is 0 Å². The van der Waals surface area contributed by atoms with Crippen molar-refractivity contribution in [2.24, 2.45) is 0 Å². The molecule has 2 heteroatoms. The molecule has 0 aromatic heterocycles. The fourth-order valence-electron chi connectivity index (χ4n) is 2.10. The van der Waals surface area contributed by atoms with Gasteiger partial charge in [-0.15, -0.1) is 0 Å². The number of carbonyl (C=O) groups excluding carboxylic acids is 1. The number of hydrogen-bond acceptors (Lipinski definition) is 1. The normalized spacial score (nSPS) is 12.2. The minimum atomic E-state index is 0.499. The van der Waals surface area contributed by atoms with Crippen molar-refractivity contribution in [2.75, 3.05) is 5.32 Å². The van der Waals surface area contributed by atoms with Crippen molar-refractivity contribution in [1.82, 2.24) is 0 Å². The summed E-state index contributed by atoms with van der Waals surface area (Å²) in [6, 6.07) is 6.03. The minimum Gasteiger partial charge on any atom is -0.328 e. The van der Waals surface area contributed by atoms with Gasteiger partial charge in [0.1, 0.15) is 0 Å². The Labute approximate surface area is 91.7 Å². The Morgan fingerprint density at radius 3 is 2.80 bits per heavy atom. The average molecular weight is 205 g/mol. The van der Waals surface area contributed by atoms with Crippen molar-refractivity contribution in [2.45, 2.75) is 39.5 Å². The SMILES string of the molecule is CCCC(C)c1c(C)cccc1NC=O. The van der Waals surface area contributed by atoms with Gasteiger partial charge in [0.2, 0.25) is 6.41 Å². The van der Waals surface area contributed by atoms with Crippen LogP contribution in [0.1, 0.15) is 43.7 Å². The number of benzene rings is 1. The Bertz CT molecular complexity index is 333. The highest BCUT2D eigenvalue weighted by molar-refractivity contribution is 5.74. The van der Waals surface area contributed by atoms with Gasteiger partial charge in [-0.1, -0.05) is 32.4 Å². The predicted molar refractivity (Wildman–Crippen MR) is 64.2 cm³/mol. The Balaban J connectivity index is 3.05. The first-order chi connectivity index (χ1) is 7.20. The van der Waals surface area contributed by atoms with Crippen LogP contribution in [0.4, 0.5) is 5.69 Å². The Morgan fingerprint density at radius 1 is 1.47 bits per heavy atom. The summed E-state index contributed by atoms with van der Waals surface area (Å²) >= 11 is 0. The first-order valence-electron chi connectivity index (χ1n) is 5.50. The van der Waals surface area contributed by atoms with Crippen LogP contribution in [0.25, 0.3) is 0 Å². The van der Waals surface area contributed by atoms with E-state index >= 15 is 0 Å². The molecule has 1 aromatic carbocycles. The number of hydrogen-bond donors (Lipinski definition) is 1. The Kier molecular flexibility index (Phi) is 4.35. The second-order valence-electron chi connectivity index (χ2n) is 3.99. The molecule has 1 rings (SSSR count). The van der Waals surface area contributed by atoms with E-state index in [0.29, 0.717) is 5.92 Å². The molecule has 2 nitrogen and oxygen atoms in total. The van der Waals surface area contributed by atoms with Crippen molar-refractivity contribution < 1.29 is 4.79 Å². The molecular weight excluding hydrogens is 186 g/mol. The van der Waals surface area contributed by atoms with Gasteiger partial charge in [0.15, 0.2) is 0 Å². The number of anilines is 1. The third-order valence-electron chi connectivity index (χ3n) is 2.75. The molecule has 0 bridgehead atoms. The molecular formula is C13H19NO. The van der Waals surface area contributed by atoms with Crippen LogP contribution in [0, 0.1) is 6.92 Å². The van der Waals surface area contributed by atoms with E-state index in [-0.39, 0.29) is 0 Å². The van der Waals surface area contributed by atoms with E-state index in [1.165, 1.54) is 11.1 Å². The number of nitrogens with one attached hydrogen (secondary N) is 1. The quantitative estimate of drug-likeness (QED) is 0.733. The van der Waals surface area contributed by atoms with Gasteiger partial charge in [0.05, 0.1) is 0 Å². The van der Waals surface area contributed by atoms with Crippen LogP contribution < -0.4 is 5.32 Å². The van der Waals surface area contributed by atoms with Crippen LogP contribution in [0.2, 0.25) is 0 Å². The number of rotatable bonds is 5. The third kappa shape index (κ3) is 2.82. The topological polar surface area (TPSA) is 29.1 Å². The van der Waals surface area contributed by atoms with Gasteiger partial charge < -0.3 is 5.32 Å². The van der Waals surface area contributed by atoms with Crippen molar-refractivity contribution in [3.8, 4) is 0 Å². The van der Waals surface area contributed by atoms with E-state index in [1.54, 1.807) is 0 Å². The molecule has 0 fully saturated rings. The number of aryl methyl sites for hydroxylation is 1. The fourth-order valence-corrected chi connectivity index (χ4v) is 2.10. The van der Waals surface area contributed by atoms with Gasteiger partial charge in [-0.25, -0.2) is 0 Å². The zero-order valence-corrected chi connectivity index (χ0v) is 9.71. The van der Waals surface area contributed by atoms with E-state index in [2.05, 4.69) is 32.2 Å². The molecule has 0 radical (unpaired) electrons. The highest BCUT2D eigenvalue weighted by Gasteiger charge is 2.11. The maximum absolute atomic E-state index is 10.5. The molecule has 82 valence electrons. The standard InChI is InChI=1S/C13H19NO/c1-4-6-10(2)13-11(3)7-5-8-12(13)14-9-15/h5,7-10H,4,6H2,1-3H3,(H,14,15). The molecule has 15 heavy (non-hydrogen) atoms. The Morgan fingerprint density at radius 2 is 2.20 bits per heavy atom. The zero-order chi connectivity index (χ0) is 11.3. The van der Waals surface area contributed by atoms with Crippen LogP contribution in [-0.2, 0) is 4.79 Å². The number of amides is 1. The summed E-state index contributed by atoms with van der Waals surface area (Å²) in [5.41, 5.74) is 3.47. The van der Waals surface area contributed by atoms with Crippen molar-refractivity contribution in [1.29, 1.82) is 0 Å². The minimum absolute atomic E-state index is 0.499. The molecule has 0 saturated heterocycles. The maximum Gasteiger partial charge on any atom is 0.211 e. The summed E-state index contributed by atoms with van der Waals surface area (Å²) in [6.45, 7) is 6.49. The van der Waals surface area contributed by atoms with Crippen LogP contribution in [0.15, 0.2) is 18.2 Å². The molecule has 1 atom stereocenters. The third-order valence-corrected chi connectivity index (χ3v) is 2.75. The maximum atomic E-state index is 10.5. The van der Waals surface area contributed by atoms with Gasteiger partial charge in [0, 0.05) is 5.69 Å². The zero-order valence-electron chi connectivity index (χ0n) is 9.71. The summed E-state index contributed by atoms with van der Waals surface area (Å²) in [7, 11) is 0. The Hall–Kier alpha value is -1.31. The number of carbonyl (C=O) groups is 1. The lowest BCUT2D eigenvalue weighted by molar-refractivity contribution is -0.105. The van der Waals surface area contributed by atoms with E-state index in [4.69, 9.17) is 0 Å². The molecule has 1 aromatic rings. The van der Waals surface area contributed by atoms with E-state index in [0.717, 1.165) is 24.9 Å². The molecule has 0 aliphatic rings. The lowest BCUT2D eigenvalue weighted by Crippen LogP contribution is -2.04. The van der Waals surface area contributed by atoms with Gasteiger partial charge in [-0.3, -0.25) is 4.79 Å². The largest absolute Gasteiger partial charge is 0.328 e. The van der Waals surface area contributed by atoms with E-state index < -0.39 is 0 Å². The van der Waals surface area contributed by atoms with Crippen molar-refractivity contribution >= 4 is 12.1 Å². The van der Waals surface area contributed by atoms with Crippen molar-refractivity contribution in [3.05, 3.63) is 29.3 Å². The van der Waals surface area contributed by atoms with Crippen LogP contribution in [0.3, 0.4) is 0 Å². The molecule has 1 amide bonds. The smallest absolute Gasteiger partial charge is 0.211 e. The molecule has 0 aliphatic carbocycles. The fraction of sp³-hybridized carbons (Fsp3) is 0.462. The monoisotopic (exact) mass is 205 g/mol. The molecule has 0 heterocycles. The van der Waals surface area contributed by atoms with Crippen LogP contribution >= 0.6 is 0 Å². The summed E-state index contributed by atoms with van der Waals surface area (Å²) in [5.74, 6) is 0.499. The second kappa shape index (κ2) is 5.54. The predicted octanol–water partition coefficient (Wildman–Crippen LogP) is 3.47. The summed E-state index contributed by atoms with van der Waals surface area (Å²) in [5, 5.41) is 2.78. The first-order valence-corrected chi connectivity index (χ1v) is 5.50. The summed E-state index contributed by atoms with van der Waals surface area (Å²) in [4.78, 5) is 10.5. The molecule has 1 N–H and O–H groups in total. The molecule has 0 spiro atoms. The molecule has 1 unspecified atom stereocenters. The van der Waals surface area contributed by atoms with Gasteiger partial charge in [0.25, 0.3) is 0 Å². The van der Waals surface area contributed by atoms with Gasteiger partial charge >= 0.3 is 0 Å².